The van der Waals surface area contributed by atoms with E-state index in [1.165, 1.54) is 75.3 Å². The highest BCUT2D eigenvalue weighted by Crippen LogP contribution is 2.26. The van der Waals surface area contributed by atoms with E-state index in [4.69, 9.17) is 5.73 Å². The molecule has 0 saturated carbocycles. The second kappa shape index (κ2) is 19.3. The lowest BCUT2D eigenvalue weighted by Gasteiger charge is -2.37. The van der Waals surface area contributed by atoms with Crippen molar-refractivity contribution in [2.45, 2.75) is 135 Å². The number of unbranched alkanes of at least 4 members (excludes halogenated alkanes) is 13. The number of benzene rings is 1. The van der Waals surface area contributed by atoms with Crippen LogP contribution >= 0.6 is 0 Å². The first-order valence-electron chi connectivity index (χ1n) is 15.0. The minimum atomic E-state index is -0.0416. The van der Waals surface area contributed by atoms with E-state index in [1.54, 1.807) is 0 Å². The van der Waals surface area contributed by atoms with Gasteiger partial charge >= 0.3 is 0 Å². The lowest BCUT2D eigenvalue weighted by Crippen LogP contribution is -2.46. The molecule has 2 amide bonds. The van der Waals surface area contributed by atoms with Crippen LogP contribution in [0, 0.1) is 0 Å². The molecule has 0 fully saturated rings. The molecule has 3 N–H and O–H groups in total. The number of nitrogens with zero attached hydrogens (tertiary/aromatic N) is 1. The molecule has 1 aromatic rings. The van der Waals surface area contributed by atoms with Gasteiger partial charge in [-0.05, 0) is 43.4 Å². The van der Waals surface area contributed by atoms with E-state index in [1.807, 2.05) is 11.0 Å². The zero-order valence-electron chi connectivity index (χ0n) is 23.1. The Morgan fingerprint density at radius 2 is 1.42 bits per heavy atom. The molecular weight excluding hydrogens is 446 g/mol. The Morgan fingerprint density at radius 1 is 0.833 bits per heavy atom. The summed E-state index contributed by atoms with van der Waals surface area (Å²) in [5.41, 5.74) is 8.04. The Hall–Kier alpha value is -1.88. The summed E-state index contributed by atoms with van der Waals surface area (Å²) in [6.07, 6.45) is 20.0. The van der Waals surface area contributed by atoms with Gasteiger partial charge in [0.1, 0.15) is 0 Å². The molecule has 1 heterocycles. The third-order valence-corrected chi connectivity index (χ3v) is 7.54. The minimum absolute atomic E-state index is 0.0416. The van der Waals surface area contributed by atoms with Gasteiger partial charge in [0.2, 0.25) is 11.8 Å². The largest absolute Gasteiger partial charge is 0.356 e. The van der Waals surface area contributed by atoms with Gasteiger partial charge in [0.25, 0.3) is 0 Å². The van der Waals surface area contributed by atoms with E-state index in [0.717, 1.165) is 51.6 Å². The summed E-state index contributed by atoms with van der Waals surface area (Å²) >= 11 is 0. The molecule has 204 valence electrons. The Kier molecular flexibility index (Phi) is 16.2. The van der Waals surface area contributed by atoms with Crippen LogP contribution < -0.4 is 11.1 Å². The van der Waals surface area contributed by atoms with Crippen molar-refractivity contribution in [1.82, 2.24) is 10.2 Å². The van der Waals surface area contributed by atoms with Crippen molar-refractivity contribution in [2.24, 2.45) is 5.73 Å². The fraction of sp³-hybridized carbons (Fsp3) is 0.742. The zero-order chi connectivity index (χ0) is 25.8. The molecule has 0 aromatic heterocycles. The summed E-state index contributed by atoms with van der Waals surface area (Å²) in [4.78, 5) is 27.9. The monoisotopic (exact) mass is 499 g/mol. The van der Waals surface area contributed by atoms with Gasteiger partial charge in [0.15, 0.2) is 0 Å². The number of hydrogen-bond acceptors (Lipinski definition) is 3. The molecule has 2 rings (SSSR count). The molecule has 0 aliphatic carbocycles. The van der Waals surface area contributed by atoms with Gasteiger partial charge in [-0.2, -0.15) is 0 Å². The summed E-state index contributed by atoms with van der Waals surface area (Å²) in [5.74, 6) is 0.278. The van der Waals surface area contributed by atoms with Gasteiger partial charge < -0.3 is 16.0 Å². The number of amides is 2. The van der Waals surface area contributed by atoms with Gasteiger partial charge in [-0.3, -0.25) is 9.59 Å². The minimum Gasteiger partial charge on any atom is -0.356 e. The van der Waals surface area contributed by atoms with Crippen LogP contribution in [0.2, 0.25) is 0 Å². The molecule has 5 nitrogen and oxygen atoms in total. The average Bonchev–Trinajstić information content (AvgIpc) is 2.88. The Bertz CT molecular complexity index is 736. The highest BCUT2D eigenvalue weighted by atomic mass is 16.2. The highest BCUT2D eigenvalue weighted by Gasteiger charge is 2.30. The summed E-state index contributed by atoms with van der Waals surface area (Å²) < 4.78 is 0. The maximum atomic E-state index is 13.2. The number of carbonyl (C=O) groups is 2. The van der Waals surface area contributed by atoms with Crippen molar-refractivity contribution >= 4 is 11.8 Å². The summed E-state index contributed by atoms with van der Waals surface area (Å²) in [6.45, 7) is 4.37. The van der Waals surface area contributed by atoms with Crippen molar-refractivity contribution in [3.63, 3.8) is 0 Å². The lowest BCUT2D eigenvalue weighted by molar-refractivity contribution is -0.136. The van der Waals surface area contributed by atoms with Crippen molar-refractivity contribution in [2.75, 3.05) is 13.1 Å². The Labute approximate surface area is 221 Å². The SMILES string of the molecule is CCCCCCCCCCCCC(=O)N1Cc2ccccc2CC1CC(=O)NCCCCCCCN. The smallest absolute Gasteiger partial charge is 0.223 e. The summed E-state index contributed by atoms with van der Waals surface area (Å²) in [7, 11) is 0. The fourth-order valence-corrected chi connectivity index (χ4v) is 5.28. The van der Waals surface area contributed by atoms with E-state index in [2.05, 4.69) is 30.4 Å². The molecule has 0 spiro atoms. The second-order valence-corrected chi connectivity index (χ2v) is 10.7. The first-order chi connectivity index (χ1) is 17.7. The van der Waals surface area contributed by atoms with E-state index < -0.39 is 0 Å². The molecule has 1 aliphatic heterocycles. The Morgan fingerprint density at radius 3 is 2.08 bits per heavy atom. The van der Waals surface area contributed by atoms with Gasteiger partial charge in [-0.1, -0.05) is 108 Å². The zero-order valence-corrected chi connectivity index (χ0v) is 23.1. The van der Waals surface area contributed by atoms with Crippen LogP contribution in [-0.4, -0.2) is 35.8 Å². The third-order valence-electron chi connectivity index (χ3n) is 7.54. The molecule has 5 heteroatoms. The molecule has 36 heavy (non-hydrogen) atoms. The van der Waals surface area contributed by atoms with E-state index in [0.29, 0.717) is 19.4 Å². The molecule has 0 radical (unpaired) electrons. The van der Waals surface area contributed by atoms with Crippen molar-refractivity contribution in [1.29, 1.82) is 0 Å². The molecule has 0 bridgehead atoms. The number of nitrogens with one attached hydrogen (secondary N) is 1. The van der Waals surface area contributed by atoms with Crippen LogP contribution in [0.1, 0.15) is 127 Å². The van der Waals surface area contributed by atoms with Crippen LogP contribution in [0.3, 0.4) is 0 Å². The van der Waals surface area contributed by atoms with Gasteiger partial charge in [-0.25, -0.2) is 0 Å². The molecule has 0 saturated heterocycles. The van der Waals surface area contributed by atoms with Crippen LogP contribution in [-0.2, 0) is 22.6 Å². The van der Waals surface area contributed by atoms with E-state index in [9.17, 15) is 9.59 Å². The fourth-order valence-electron chi connectivity index (χ4n) is 5.28. The quantitative estimate of drug-likeness (QED) is 0.197. The van der Waals surface area contributed by atoms with Crippen LogP contribution in [0.5, 0.6) is 0 Å². The van der Waals surface area contributed by atoms with Crippen molar-refractivity contribution < 1.29 is 9.59 Å². The van der Waals surface area contributed by atoms with Crippen molar-refractivity contribution in [3.05, 3.63) is 35.4 Å². The average molecular weight is 500 g/mol. The summed E-state index contributed by atoms with van der Waals surface area (Å²) in [5, 5.41) is 3.09. The lowest BCUT2D eigenvalue weighted by atomic mass is 9.91. The highest BCUT2D eigenvalue weighted by molar-refractivity contribution is 5.80. The number of nitrogens with two attached hydrogens (primary N) is 1. The topological polar surface area (TPSA) is 75.4 Å². The number of rotatable bonds is 20. The molecular formula is C31H53N3O2. The standard InChI is InChI=1S/C31H53N3O2/c1-2-3-4-5-6-7-8-9-11-14-21-31(36)34-26-28-20-16-15-19-27(28)24-29(34)25-30(35)33-23-18-13-10-12-17-22-32/h15-16,19-20,29H,2-14,17-18,21-26,32H2,1H3,(H,33,35). The van der Waals surface area contributed by atoms with Crippen LogP contribution in [0.15, 0.2) is 24.3 Å². The van der Waals surface area contributed by atoms with Gasteiger partial charge in [-0.15, -0.1) is 0 Å². The van der Waals surface area contributed by atoms with Crippen LogP contribution in [0.25, 0.3) is 0 Å². The summed E-state index contributed by atoms with van der Waals surface area (Å²) in [6, 6.07) is 8.33. The third kappa shape index (κ3) is 12.4. The number of fused-ring (bicyclic) bond motifs is 1. The molecule has 1 atom stereocenters. The number of carbonyl (C=O) groups excluding carboxylic acids is 2. The van der Waals surface area contributed by atoms with Crippen molar-refractivity contribution in [3.8, 4) is 0 Å². The van der Waals surface area contributed by atoms with E-state index >= 15 is 0 Å². The van der Waals surface area contributed by atoms with Gasteiger partial charge in [0, 0.05) is 32.0 Å². The second-order valence-electron chi connectivity index (χ2n) is 10.7. The molecule has 1 aliphatic rings. The predicted molar refractivity (Wildman–Crippen MR) is 151 cm³/mol. The number of hydrogen-bond donors (Lipinski definition) is 2. The maximum Gasteiger partial charge on any atom is 0.223 e. The first kappa shape index (κ1) is 30.3. The predicted octanol–water partition coefficient (Wildman–Crippen LogP) is 6.67. The van der Waals surface area contributed by atoms with Crippen LogP contribution in [0.4, 0.5) is 0 Å². The normalized spacial score (nSPS) is 15.1. The van der Waals surface area contributed by atoms with Gasteiger partial charge in [0.05, 0.1) is 0 Å². The molecule has 1 unspecified atom stereocenters. The first-order valence-corrected chi connectivity index (χ1v) is 15.0. The molecule has 1 aromatic carbocycles. The maximum absolute atomic E-state index is 13.2. The Balaban J connectivity index is 1.73. The van der Waals surface area contributed by atoms with E-state index in [-0.39, 0.29) is 17.9 Å².